The van der Waals surface area contributed by atoms with Crippen LogP contribution < -0.4 is 4.74 Å². The molecule has 1 aliphatic heterocycles. The van der Waals surface area contributed by atoms with Crippen LogP contribution in [0.1, 0.15) is 56.5 Å². The van der Waals surface area contributed by atoms with E-state index in [0.29, 0.717) is 24.5 Å². The summed E-state index contributed by atoms with van der Waals surface area (Å²) in [5, 5.41) is 6.00. The number of allylic oxidation sites excluding steroid dienone is 1. The van der Waals surface area contributed by atoms with Crippen molar-refractivity contribution in [2.24, 2.45) is 4.99 Å². The highest BCUT2D eigenvalue weighted by Crippen LogP contribution is 2.37. The highest BCUT2D eigenvalue weighted by atomic mass is 19.4. The lowest BCUT2D eigenvalue weighted by molar-refractivity contribution is -0.141. The van der Waals surface area contributed by atoms with Gasteiger partial charge in [-0.05, 0) is 61.7 Å². The maximum atomic E-state index is 13.2. The number of halogens is 3. The van der Waals surface area contributed by atoms with E-state index in [1.807, 2.05) is 44.2 Å². The van der Waals surface area contributed by atoms with Gasteiger partial charge in [0.15, 0.2) is 0 Å². The molecule has 0 atom stereocenters. The van der Waals surface area contributed by atoms with Crippen molar-refractivity contribution in [1.82, 2.24) is 15.2 Å². The maximum Gasteiger partial charge on any atom is 0.432 e. The molecule has 0 bridgehead atoms. The fourth-order valence-corrected chi connectivity index (χ4v) is 4.12. The number of unbranched alkanes of at least 4 members (excludes halogenated alkanes) is 3. The van der Waals surface area contributed by atoms with Gasteiger partial charge in [-0.15, -0.1) is 0 Å². The molecular weight excluding hydrogens is 453 g/mol. The summed E-state index contributed by atoms with van der Waals surface area (Å²) in [7, 11) is 0. The topological polar surface area (TPSA) is 63.2 Å². The molecule has 184 valence electrons. The first-order chi connectivity index (χ1) is 16.8. The van der Waals surface area contributed by atoms with Crippen LogP contribution in [0.15, 0.2) is 47.5 Å². The third kappa shape index (κ3) is 5.81. The van der Waals surface area contributed by atoms with E-state index in [4.69, 9.17) is 4.74 Å². The lowest BCUT2D eigenvalue weighted by Gasteiger charge is -2.16. The number of ether oxygens (including phenoxy) is 1. The first-order valence-corrected chi connectivity index (χ1v) is 11.9. The second kappa shape index (κ2) is 10.5. The SMILES string of the molecule is CCCCCCOc1cccc(C)c1-c1cc(C2=CC(C)=NC2)nc(-c2cc(C(F)(F)F)[nH]n2)c1. The normalized spacial score (nSPS) is 13.7. The fraction of sp³-hybridized carbons (Fsp3) is 0.370. The average molecular weight is 483 g/mol. The van der Waals surface area contributed by atoms with Crippen LogP contribution in [0.2, 0.25) is 0 Å². The van der Waals surface area contributed by atoms with Gasteiger partial charge >= 0.3 is 6.18 Å². The molecule has 3 aromatic rings. The van der Waals surface area contributed by atoms with Crippen molar-refractivity contribution >= 4 is 11.3 Å². The molecule has 0 saturated heterocycles. The van der Waals surface area contributed by atoms with Crippen LogP contribution in [0.3, 0.4) is 0 Å². The molecule has 2 aromatic heterocycles. The average Bonchev–Trinajstić information content (AvgIpc) is 3.48. The van der Waals surface area contributed by atoms with Crippen molar-refractivity contribution in [2.45, 2.75) is 52.6 Å². The van der Waals surface area contributed by atoms with Gasteiger partial charge in [0.05, 0.1) is 24.5 Å². The Labute approximate surface area is 203 Å². The van der Waals surface area contributed by atoms with Gasteiger partial charge in [0.1, 0.15) is 17.1 Å². The summed E-state index contributed by atoms with van der Waals surface area (Å²) in [6.07, 6.45) is 1.83. The summed E-state index contributed by atoms with van der Waals surface area (Å²) in [6.45, 7) is 7.16. The van der Waals surface area contributed by atoms with Gasteiger partial charge in [0, 0.05) is 16.8 Å². The first kappa shape index (κ1) is 24.7. The Bertz CT molecular complexity index is 1260. The number of nitrogens with zero attached hydrogens (tertiary/aromatic N) is 3. The summed E-state index contributed by atoms with van der Waals surface area (Å²) in [5.74, 6) is 0.746. The molecule has 35 heavy (non-hydrogen) atoms. The molecule has 8 heteroatoms. The Hall–Kier alpha value is -3.42. The number of pyridine rings is 1. The van der Waals surface area contributed by atoms with E-state index in [1.165, 1.54) is 6.42 Å². The van der Waals surface area contributed by atoms with Gasteiger partial charge in [0.25, 0.3) is 0 Å². The molecule has 0 saturated carbocycles. The van der Waals surface area contributed by atoms with Gasteiger partial charge < -0.3 is 4.74 Å². The van der Waals surface area contributed by atoms with E-state index in [2.05, 4.69) is 27.1 Å². The zero-order chi connectivity index (χ0) is 25.0. The zero-order valence-electron chi connectivity index (χ0n) is 20.2. The molecule has 5 nitrogen and oxygen atoms in total. The molecule has 0 fully saturated rings. The van der Waals surface area contributed by atoms with Crippen LogP contribution >= 0.6 is 0 Å². The molecule has 4 rings (SSSR count). The van der Waals surface area contributed by atoms with Gasteiger partial charge in [-0.1, -0.05) is 38.3 Å². The summed E-state index contributed by atoms with van der Waals surface area (Å²) >= 11 is 0. The molecule has 1 aliphatic rings. The van der Waals surface area contributed by atoms with Crippen molar-refractivity contribution < 1.29 is 17.9 Å². The number of H-pyrrole nitrogens is 1. The Balaban J connectivity index is 1.77. The largest absolute Gasteiger partial charge is 0.493 e. The highest BCUT2D eigenvalue weighted by Gasteiger charge is 2.33. The summed E-state index contributed by atoms with van der Waals surface area (Å²) in [6, 6.07) is 10.6. The Kier molecular flexibility index (Phi) is 7.38. The Morgan fingerprint density at radius 2 is 1.80 bits per heavy atom. The number of benzene rings is 1. The van der Waals surface area contributed by atoms with Crippen LogP contribution in [0.4, 0.5) is 13.2 Å². The molecule has 1 N–H and O–H groups in total. The quantitative estimate of drug-likeness (QED) is 0.326. The number of nitrogens with one attached hydrogen (secondary N) is 1. The molecule has 0 spiro atoms. The van der Waals surface area contributed by atoms with Crippen molar-refractivity contribution in [1.29, 1.82) is 0 Å². The van der Waals surface area contributed by atoms with E-state index < -0.39 is 11.9 Å². The molecular formula is C27H29F3N4O. The molecule has 0 radical (unpaired) electrons. The minimum Gasteiger partial charge on any atom is -0.493 e. The Morgan fingerprint density at radius 1 is 1.00 bits per heavy atom. The third-order valence-electron chi connectivity index (χ3n) is 5.96. The van der Waals surface area contributed by atoms with Crippen LogP contribution in [-0.2, 0) is 6.18 Å². The van der Waals surface area contributed by atoms with E-state index in [-0.39, 0.29) is 5.69 Å². The number of aryl methyl sites for hydroxylation is 1. The molecule has 0 amide bonds. The Morgan fingerprint density at radius 3 is 2.49 bits per heavy atom. The number of alkyl halides is 3. The monoisotopic (exact) mass is 482 g/mol. The van der Waals surface area contributed by atoms with Gasteiger partial charge in [0.2, 0.25) is 0 Å². The van der Waals surface area contributed by atoms with Crippen LogP contribution in [0.25, 0.3) is 28.1 Å². The van der Waals surface area contributed by atoms with Crippen molar-refractivity contribution in [3.63, 3.8) is 0 Å². The van der Waals surface area contributed by atoms with Crippen LogP contribution in [-0.4, -0.2) is 34.0 Å². The second-order valence-electron chi connectivity index (χ2n) is 8.78. The van der Waals surface area contributed by atoms with E-state index in [1.54, 1.807) is 6.07 Å². The van der Waals surface area contributed by atoms with Gasteiger partial charge in [-0.3, -0.25) is 10.1 Å². The summed E-state index contributed by atoms with van der Waals surface area (Å²) in [5.41, 5.74) is 4.75. The zero-order valence-corrected chi connectivity index (χ0v) is 20.2. The van der Waals surface area contributed by atoms with E-state index >= 15 is 0 Å². The van der Waals surface area contributed by atoms with Gasteiger partial charge in [-0.2, -0.15) is 18.3 Å². The summed E-state index contributed by atoms with van der Waals surface area (Å²) < 4.78 is 45.8. The first-order valence-electron chi connectivity index (χ1n) is 11.9. The van der Waals surface area contributed by atoms with Crippen LogP contribution in [0.5, 0.6) is 5.75 Å². The number of aliphatic imine (C=N–C) groups is 1. The fourth-order valence-electron chi connectivity index (χ4n) is 4.12. The van der Waals surface area contributed by atoms with Crippen molar-refractivity contribution in [2.75, 3.05) is 13.2 Å². The number of hydrogen-bond acceptors (Lipinski definition) is 4. The predicted octanol–water partition coefficient (Wildman–Crippen LogP) is 7.28. The summed E-state index contributed by atoms with van der Waals surface area (Å²) in [4.78, 5) is 9.09. The molecule has 0 unspecified atom stereocenters. The van der Waals surface area contributed by atoms with E-state index in [0.717, 1.165) is 59.1 Å². The lowest BCUT2D eigenvalue weighted by Crippen LogP contribution is -2.04. The highest BCUT2D eigenvalue weighted by molar-refractivity contribution is 6.03. The number of aromatic nitrogens is 3. The predicted molar refractivity (Wildman–Crippen MR) is 133 cm³/mol. The molecule has 3 heterocycles. The van der Waals surface area contributed by atoms with Crippen LogP contribution in [0, 0.1) is 6.92 Å². The number of hydrogen-bond donors (Lipinski definition) is 1. The molecule has 1 aromatic carbocycles. The number of rotatable bonds is 9. The van der Waals surface area contributed by atoms with Crippen molar-refractivity contribution in [3.8, 4) is 28.3 Å². The van der Waals surface area contributed by atoms with Gasteiger partial charge in [-0.25, -0.2) is 4.98 Å². The van der Waals surface area contributed by atoms with Crippen molar-refractivity contribution in [3.05, 3.63) is 59.4 Å². The smallest absolute Gasteiger partial charge is 0.432 e. The maximum absolute atomic E-state index is 13.2. The lowest BCUT2D eigenvalue weighted by atomic mass is 9.97. The number of aromatic amines is 1. The second-order valence-corrected chi connectivity index (χ2v) is 8.78. The third-order valence-corrected chi connectivity index (χ3v) is 5.96. The molecule has 0 aliphatic carbocycles. The minimum atomic E-state index is -4.51. The standard InChI is InChI=1S/C27H29F3N4O/c1-4-5-6-7-11-35-24-10-8-9-17(2)26(24)19-13-21(20-12-18(3)31-16-20)32-22(14-19)23-15-25(34-33-23)27(28,29)30/h8-10,12-15H,4-7,11,16H2,1-3H3,(H,33,34). The van der Waals surface area contributed by atoms with E-state index in [9.17, 15) is 13.2 Å². The minimum absolute atomic E-state index is 0.132.